The number of carbonyl (C=O) groups is 2. The molecule has 1 aliphatic heterocycles. The van der Waals surface area contributed by atoms with Crippen molar-refractivity contribution in [2.75, 3.05) is 0 Å². The summed E-state index contributed by atoms with van der Waals surface area (Å²) < 4.78 is 5.21. The van der Waals surface area contributed by atoms with Crippen LogP contribution < -0.4 is 0 Å². The van der Waals surface area contributed by atoms with Crippen molar-refractivity contribution in [2.45, 2.75) is 38.2 Å². The van der Waals surface area contributed by atoms with E-state index < -0.39 is 17.9 Å². The Morgan fingerprint density at radius 2 is 2.13 bits per heavy atom. The minimum atomic E-state index is -0.952. The van der Waals surface area contributed by atoms with E-state index in [-0.39, 0.29) is 6.10 Å². The summed E-state index contributed by atoms with van der Waals surface area (Å²) in [5, 5.41) is 3.28. The van der Waals surface area contributed by atoms with Crippen LogP contribution in [0.2, 0.25) is 0 Å². The van der Waals surface area contributed by atoms with Gasteiger partial charge in [0.15, 0.2) is 5.92 Å². The molecule has 0 aromatic rings. The molecule has 0 saturated heterocycles. The second-order valence-corrected chi connectivity index (χ2v) is 3.84. The van der Waals surface area contributed by atoms with Gasteiger partial charge >= 0.3 is 11.9 Å². The van der Waals surface area contributed by atoms with E-state index in [0.717, 1.165) is 25.7 Å². The average molecular weight is 211 g/mol. The number of carbonyl (C=O) groups excluding carboxylic acids is 2. The van der Waals surface area contributed by atoms with Crippen LogP contribution in [0.1, 0.15) is 32.1 Å². The van der Waals surface area contributed by atoms with E-state index >= 15 is 0 Å². The van der Waals surface area contributed by atoms with Crippen LogP contribution in [0, 0.1) is 5.92 Å². The minimum absolute atomic E-state index is 0.0342. The van der Waals surface area contributed by atoms with Crippen molar-refractivity contribution in [1.82, 2.24) is 0 Å². The lowest BCUT2D eigenvalue weighted by molar-refractivity contribution is -0.160. The highest BCUT2D eigenvalue weighted by Crippen LogP contribution is 2.21. The number of hydrogen-bond donors (Lipinski definition) is 0. The molecule has 1 atom stereocenters. The smallest absolute Gasteiger partial charge is 0.354 e. The van der Waals surface area contributed by atoms with Crippen LogP contribution in [0.15, 0.2) is 5.16 Å². The van der Waals surface area contributed by atoms with E-state index in [1.165, 1.54) is 12.6 Å². The van der Waals surface area contributed by atoms with Crippen LogP contribution in [-0.4, -0.2) is 24.3 Å². The molecule has 0 aromatic carbocycles. The van der Waals surface area contributed by atoms with Crippen molar-refractivity contribution >= 4 is 18.2 Å². The number of nitrogens with zero attached hydrogens (tertiary/aromatic N) is 1. The zero-order chi connectivity index (χ0) is 10.7. The van der Waals surface area contributed by atoms with Gasteiger partial charge in [-0.05, 0) is 25.7 Å². The maximum atomic E-state index is 11.5. The third-order valence-electron chi connectivity index (χ3n) is 2.70. The van der Waals surface area contributed by atoms with Crippen molar-refractivity contribution in [3.63, 3.8) is 0 Å². The molecule has 5 nitrogen and oxygen atoms in total. The van der Waals surface area contributed by atoms with E-state index in [2.05, 4.69) is 9.99 Å². The zero-order valence-corrected chi connectivity index (χ0v) is 8.35. The Bertz CT molecular complexity index is 294. The standard InChI is InChI=1S/C10H13NO4/c12-9(8-6-11-15-10(8)13)14-7-4-2-1-3-5-7/h6-8H,1-5H2. The quantitative estimate of drug-likeness (QED) is 0.388. The summed E-state index contributed by atoms with van der Waals surface area (Å²) in [4.78, 5) is 26.8. The Morgan fingerprint density at radius 3 is 2.73 bits per heavy atom. The van der Waals surface area contributed by atoms with Crippen molar-refractivity contribution in [1.29, 1.82) is 0 Å². The van der Waals surface area contributed by atoms with Gasteiger partial charge in [0, 0.05) is 0 Å². The van der Waals surface area contributed by atoms with Gasteiger partial charge < -0.3 is 9.57 Å². The Labute approximate surface area is 87.4 Å². The van der Waals surface area contributed by atoms with E-state index in [1.807, 2.05) is 0 Å². The summed E-state index contributed by atoms with van der Waals surface area (Å²) >= 11 is 0. The molecule has 82 valence electrons. The molecule has 0 aromatic heterocycles. The summed E-state index contributed by atoms with van der Waals surface area (Å²) in [6.07, 6.45) is 6.31. The molecule has 2 aliphatic rings. The van der Waals surface area contributed by atoms with Crippen molar-refractivity contribution in [3.8, 4) is 0 Å². The second-order valence-electron chi connectivity index (χ2n) is 3.84. The molecule has 0 amide bonds. The third kappa shape index (κ3) is 2.34. The first-order chi connectivity index (χ1) is 7.27. The van der Waals surface area contributed by atoms with Gasteiger partial charge in [-0.1, -0.05) is 11.6 Å². The topological polar surface area (TPSA) is 65.0 Å². The molecule has 1 saturated carbocycles. The van der Waals surface area contributed by atoms with E-state index in [4.69, 9.17) is 4.74 Å². The van der Waals surface area contributed by atoms with Crippen molar-refractivity contribution in [2.24, 2.45) is 11.1 Å². The van der Waals surface area contributed by atoms with Crippen molar-refractivity contribution in [3.05, 3.63) is 0 Å². The van der Waals surface area contributed by atoms with Crippen LogP contribution >= 0.6 is 0 Å². The molecule has 0 bridgehead atoms. The monoisotopic (exact) mass is 211 g/mol. The summed E-state index contributed by atoms with van der Waals surface area (Å²) in [5.41, 5.74) is 0. The lowest BCUT2D eigenvalue weighted by Crippen LogP contribution is -2.29. The Balaban J connectivity index is 1.85. The summed E-state index contributed by atoms with van der Waals surface area (Å²) in [7, 11) is 0. The molecule has 0 spiro atoms. The first-order valence-corrected chi connectivity index (χ1v) is 5.22. The predicted octanol–water partition coefficient (Wildman–Crippen LogP) is 1.02. The summed E-state index contributed by atoms with van der Waals surface area (Å²) in [6, 6.07) is 0. The number of rotatable bonds is 2. The normalized spacial score (nSPS) is 26.4. The van der Waals surface area contributed by atoms with E-state index in [1.54, 1.807) is 0 Å². The highest BCUT2D eigenvalue weighted by atomic mass is 16.7. The van der Waals surface area contributed by atoms with E-state index in [9.17, 15) is 9.59 Å². The molecule has 1 unspecified atom stereocenters. The maximum Gasteiger partial charge on any atom is 0.354 e. The molecule has 5 heteroatoms. The molecule has 0 N–H and O–H groups in total. The molecule has 1 fully saturated rings. The van der Waals surface area contributed by atoms with Crippen LogP contribution in [0.4, 0.5) is 0 Å². The Morgan fingerprint density at radius 1 is 1.40 bits per heavy atom. The first-order valence-electron chi connectivity index (χ1n) is 5.22. The van der Waals surface area contributed by atoms with Gasteiger partial charge in [-0.2, -0.15) is 0 Å². The van der Waals surface area contributed by atoms with Crippen LogP contribution in [0.25, 0.3) is 0 Å². The summed E-state index contributed by atoms with van der Waals surface area (Å²) in [6.45, 7) is 0. The number of oxime groups is 1. The molecular weight excluding hydrogens is 198 g/mol. The Kier molecular flexibility index (Phi) is 2.99. The molecule has 0 radical (unpaired) electrons. The zero-order valence-electron chi connectivity index (χ0n) is 8.35. The molecular formula is C10H13NO4. The highest BCUT2D eigenvalue weighted by molar-refractivity contribution is 6.10. The van der Waals surface area contributed by atoms with Crippen molar-refractivity contribution < 1.29 is 19.2 Å². The van der Waals surface area contributed by atoms with Gasteiger partial charge in [0.05, 0.1) is 6.21 Å². The molecule has 2 rings (SSSR count). The number of esters is 1. The number of hydrogen-bond acceptors (Lipinski definition) is 5. The summed E-state index contributed by atoms with van der Waals surface area (Å²) in [5.74, 6) is -2.13. The van der Waals surface area contributed by atoms with Gasteiger partial charge in [0.1, 0.15) is 6.10 Å². The largest absolute Gasteiger partial charge is 0.461 e. The van der Waals surface area contributed by atoms with Gasteiger partial charge in [0.25, 0.3) is 0 Å². The van der Waals surface area contributed by atoms with Gasteiger partial charge in [-0.15, -0.1) is 0 Å². The van der Waals surface area contributed by atoms with Crippen LogP contribution in [0.3, 0.4) is 0 Å². The second kappa shape index (κ2) is 4.42. The molecule has 15 heavy (non-hydrogen) atoms. The van der Waals surface area contributed by atoms with Gasteiger partial charge in [-0.3, -0.25) is 4.79 Å². The SMILES string of the molecule is O=C1ON=CC1C(=O)OC1CCCCC1. The van der Waals surface area contributed by atoms with Gasteiger partial charge in [0.2, 0.25) is 0 Å². The Hall–Kier alpha value is -1.39. The number of ether oxygens (including phenoxy) is 1. The fraction of sp³-hybridized carbons (Fsp3) is 0.700. The van der Waals surface area contributed by atoms with Crippen LogP contribution in [-0.2, 0) is 19.2 Å². The first kappa shape index (κ1) is 10.1. The fourth-order valence-corrected chi connectivity index (χ4v) is 1.84. The van der Waals surface area contributed by atoms with Gasteiger partial charge in [-0.25, -0.2) is 4.79 Å². The fourth-order valence-electron chi connectivity index (χ4n) is 1.84. The predicted molar refractivity (Wildman–Crippen MR) is 51.0 cm³/mol. The lowest BCUT2D eigenvalue weighted by Gasteiger charge is -2.22. The minimum Gasteiger partial charge on any atom is -0.461 e. The van der Waals surface area contributed by atoms with E-state index in [0.29, 0.717) is 0 Å². The highest BCUT2D eigenvalue weighted by Gasteiger charge is 2.34. The third-order valence-corrected chi connectivity index (χ3v) is 2.70. The molecule has 1 heterocycles. The average Bonchev–Trinajstić information content (AvgIpc) is 2.66. The maximum absolute atomic E-state index is 11.5. The van der Waals surface area contributed by atoms with Crippen LogP contribution in [0.5, 0.6) is 0 Å². The lowest BCUT2D eigenvalue weighted by atomic mass is 9.97. The molecule has 1 aliphatic carbocycles.